The van der Waals surface area contributed by atoms with E-state index in [1.807, 2.05) is 0 Å². The summed E-state index contributed by atoms with van der Waals surface area (Å²) in [6, 6.07) is 0.254. The molecule has 0 aliphatic heterocycles. The van der Waals surface area contributed by atoms with Gasteiger partial charge in [-0.05, 0) is 13.0 Å². The summed E-state index contributed by atoms with van der Waals surface area (Å²) >= 11 is 0. The molecular formula is C8H5F6NO. The molecule has 0 fully saturated rings. The number of alkyl halides is 6. The van der Waals surface area contributed by atoms with Crippen LogP contribution in [0.5, 0.6) is 0 Å². The fourth-order valence-corrected chi connectivity index (χ4v) is 1.19. The third-order valence-electron chi connectivity index (χ3n) is 1.76. The fourth-order valence-electron chi connectivity index (χ4n) is 1.19. The van der Waals surface area contributed by atoms with Crippen molar-refractivity contribution in [2.45, 2.75) is 19.3 Å². The smallest absolute Gasteiger partial charge is 0.326 e. The average molecular weight is 245 g/mol. The molecule has 0 atom stereocenters. The number of aromatic amines is 1. The summed E-state index contributed by atoms with van der Waals surface area (Å²) in [7, 11) is 0. The summed E-state index contributed by atoms with van der Waals surface area (Å²) in [4.78, 5) is 12.6. The van der Waals surface area contributed by atoms with Gasteiger partial charge in [-0.2, -0.15) is 26.3 Å². The Morgan fingerprint density at radius 3 is 1.94 bits per heavy atom. The minimum Gasteiger partial charge on any atom is -0.326 e. The molecule has 90 valence electrons. The van der Waals surface area contributed by atoms with Crippen LogP contribution in [0.2, 0.25) is 0 Å². The molecule has 0 saturated carbocycles. The lowest BCUT2D eigenvalue weighted by Crippen LogP contribution is -2.28. The zero-order valence-electron chi connectivity index (χ0n) is 7.75. The first-order valence-electron chi connectivity index (χ1n) is 3.92. The highest BCUT2D eigenvalue weighted by Gasteiger charge is 2.45. The van der Waals surface area contributed by atoms with Gasteiger partial charge in [-0.15, -0.1) is 0 Å². The van der Waals surface area contributed by atoms with Crippen LogP contribution in [0.25, 0.3) is 0 Å². The van der Waals surface area contributed by atoms with Gasteiger partial charge < -0.3 is 4.98 Å². The Hall–Kier alpha value is -1.47. The first-order valence-corrected chi connectivity index (χ1v) is 3.92. The molecule has 0 saturated heterocycles. The number of pyridine rings is 1. The second kappa shape index (κ2) is 3.53. The number of aryl methyl sites for hydroxylation is 1. The predicted octanol–water partition coefficient (Wildman–Crippen LogP) is 2.72. The molecule has 0 bridgehead atoms. The molecule has 0 aliphatic carbocycles. The lowest BCUT2D eigenvalue weighted by molar-refractivity contribution is -0.163. The molecule has 1 N–H and O–H groups in total. The van der Waals surface area contributed by atoms with E-state index >= 15 is 0 Å². The molecule has 8 heteroatoms. The van der Waals surface area contributed by atoms with Crippen molar-refractivity contribution in [1.29, 1.82) is 0 Å². The van der Waals surface area contributed by atoms with Crippen LogP contribution >= 0.6 is 0 Å². The van der Waals surface area contributed by atoms with Crippen LogP contribution in [0, 0.1) is 6.92 Å². The van der Waals surface area contributed by atoms with Crippen molar-refractivity contribution in [3.8, 4) is 0 Å². The van der Waals surface area contributed by atoms with E-state index in [2.05, 4.69) is 0 Å². The van der Waals surface area contributed by atoms with Gasteiger partial charge in [-0.3, -0.25) is 4.79 Å². The molecular weight excluding hydrogens is 240 g/mol. The molecule has 1 aromatic heterocycles. The molecule has 0 aliphatic rings. The van der Waals surface area contributed by atoms with Crippen molar-refractivity contribution in [1.82, 2.24) is 4.98 Å². The van der Waals surface area contributed by atoms with Gasteiger partial charge in [-0.25, -0.2) is 0 Å². The topological polar surface area (TPSA) is 32.9 Å². The third-order valence-corrected chi connectivity index (χ3v) is 1.76. The normalized spacial score (nSPS) is 12.9. The fraction of sp³-hybridized carbons (Fsp3) is 0.375. The van der Waals surface area contributed by atoms with Crippen molar-refractivity contribution >= 4 is 0 Å². The van der Waals surface area contributed by atoms with E-state index in [-0.39, 0.29) is 11.8 Å². The Bertz CT molecular complexity index is 455. The molecule has 0 amide bonds. The van der Waals surface area contributed by atoms with Gasteiger partial charge >= 0.3 is 12.4 Å². The molecule has 0 spiro atoms. The Balaban J connectivity index is 3.65. The maximum atomic E-state index is 12.3. The lowest BCUT2D eigenvalue weighted by atomic mass is 10.1. The summed E-state index contributed by atoms with van der Waals surface area (Å²) in [5.41, 5.74) is -6.27. The quantitative estimate of drug-likeness (QED) is 0.700. The average Bonchev–Trinajstić information content (AvgIpc) is 1.97. The molecule has 1 heterocycles. The molecule has 1 aromatic rings. The number of H-pyrrole nitrogens is 1. The summed E-state index contributed by atoms with van der Waals surface area (Å²) in [6.07, 6.45) is -10.6. The highest BCUT2D eigenvalue weighted by atomic mass is 19.4. The maximum absolute atomic E-state index is 12.3. The van der Waals surface area contributed by atoms with Gasteiger partial charge in [0.25, 0.3) is 5.56 Å². The first kappa shape index (κ1) is 12.6. The molecule has 0 unspecified atom stereocenters. The highest BCUT2D eigenvalue weighted by Crippen LogP contribution is 2.38. The van der Waals surface area contributed by atoms with Crippen molar-refractivity contribution < 1.29 is 26.3 Å². The minimum atomic E-state index is -5.34. The second-order valence-electron chi connectivity index (χ2n) is 3.07. The Labute approximate surface area is 84.9 Å². The number of hydrogen-bond acceptors (Lipinski definition) is 1. The van der Waals surface area contributed by atoms with Crippen LogP contribution < -0.4 is 5.56 Å². The summed E-state index contributed by atoms with van der Waals surface area (Å²) in [6.45, 7) is 1.07. The van der Waals surface area contributed by atoms with E-state index in [9.17, 15) is 31.1 Å². The second-order valence-corrected chi connectivity index (χ2v) is 3.07. The van der Waals surface area contributed by atoms with Gasteiger partial charge in [0.1, 0.15) is 5.56 Å². The Kier molecular flexibility index (Phi) is 2.78. The summed E-state index contributed by atoms with van der Waals surface area (Å²) in [5, 5.41) is 0. The third kappa shape index (κ3) is 2.37. The number of nitrogens with one attached hydrogen (secondary N) is 1. The minimum absolute atomic E-state index is 0.254. The van der Waals surface area contributed by atoms with E-state index in [4.69, 9.17) is 0 Å². The van der Waals surface area contributed by atoms with Crippen LogP contribution in [-0.2, 0) is 12.4 Å². The zero-order valence-corrected chi connectivity index (χ0v) is 7.75. The lowest BCUT2D eigenvalue weighted by Gasteiger charge is -2.14. The van der Waals surface area contributed by atoms with Crippen molar-refractivity contribution in [2.75, 3.05) is 0 Å². The standard InChI is InChI=1S/C8H5F6NO/c1-3-2-4(7(9,10)11)5(6(16)15-3)8(12,13)14/h2H,1H3,(H,15,16). The zero-order chi connectivity index (χ0) is 12.7. The number of aromatic nitrogens is 1. The van der Waals surface area contributed by atoms with E-state index in [0.29, 0.717) is 0 Å². The largest absolute Gasteiger partial charge is 0.422 e. The van der Waals surface area contributed by atoms with Crippen molar-refractivity contribution in [3.63, 3.8) is 0 Å². The molecule has 2 nitrogen and oxygen atoms in total. The SMILES string of the molecule is Cc1cc(C(F)(F)F)c(C(F)(F)F)c(=O)[nH]1. The maximum Gasteiger partial charge on any atom is 0.422 e. The van der Waals surface area contributed by atoms with E-state index in [1.54, 1.807) is 4.98 Å². The highest BCUT2D eigenvalue weighted by molar-refractivity contribution is 5.31. The molecule has 16 heavy (non-hydrogen) atoms. The first-order chi connectivity index (χ1) is 7.03. The van der Waals surface area contributed by atoms with Crippen LogP contribution in [-0.4, -0.2) is 4.98 Å². The summed E-state index contributed by atoms with van der Waals surface area (Å²) < 4.78 is 73.6. The molecule has 0 radical (unpaired) electrons. The Morgan fingerprint density at radius 1 is 1.06 bits per heavy atom. The molecule has 1 rings (SSSR count). The number of halogens is 6. The number of hydrogen-bond donors (Lipinski definition) is 1. The van der Waals surface area contributed by atoms with Gasteiger partial charge in [0.2, 0.25) is 0 Å². The van der Waals surface area contributed by atoms with Crippen LogP contribution in [0.15, 0.2) is 10.9 Å². The number of rotatable bonds is 0. The Morgan fingerprint density at radius 2 is 1.56 bits per heavy atom. The predicted molar refractivity (Wildman–Crippen MR) is 41.8 cm³/mol. The van der Waals surface area contributed by atoms with Gasteiger partial charge in [0, 0.05) is 5.69 Å². The molecule has 0 aromatic carbocycles. The monoisotopic (exact) mass is 245 g/mol. The van der Waals surface area contributed by atoms with Crippen molar-refractivity contribution in [3.05, 3.63) is 33.2 Å². The van der Waals surface area contributed by atoms with E-state index < -0.39 is 29.0 Å². The van der Waals surface area contributed by atoms with E-state index in [0.717, 1.165) is 6.92 Å². The van der Waals surface area contributed by atoms with Gasteiger partial charge in [-0.1, -0.05) is 0 Å². The van der Waals surface area contributed by atoms with E-state index in [1.165, 1.54) is 0 Å². The summed E-state index contributed by atoms with van der Waals surface area (Å²) in [5.74, 6) is 0. The van der Waals surface area contributed by atoms with Crippen LogP contribution in [0.1, 0.15) is 16.8 Å². The van der Waals surface area contributed by atoms with Crippen LogP contribution in [0.4, 0.5) is 26.3 Å². The van der Waals surface area contributed by atoms with Crippen LogP contribution in [0.3, 0.4) is 0 Å². The van der Waals surface area contributed by atoms with Gasteiger partial charge in [0.05, 0.1) is 5.56 Å². The van der Waals surface area contributed by atoms with Crippen molar-refractivity contribution in [2.24, 2.45) is 0 Å². The van der Waals surface area contributed by atoms with Gasteiger partial charge in [0.15, 0.2) is 0 Å².